The number of alkyl halides is 2. The number of benzene rings is 2. The molecule has 2 aromatic carbocycles. The van der Waals surface area contributed by atoms with Crippen LogP contribution in [0.5, 0.6) is 0 Å². The van der Waals surface area contributed by atoms with Crippen LogP contribution < -0.4 is 0 Å². The monoisotopic (exact) mass is 306 g/mol. The van der Waals surface area contributed by atoms with E-state index < -0.39 is 11.9 Å². The fourth-order valence-electron chi connectivity index (χ4n) is 2.37. The summed E-state index contributed by atoms with van der Waals surface area (Å²) in [6, 6.07) is 19.9. The van der Waals surface area contributed by atoms with Crippen molar-refractivity contribution in [2.24, 2.45) is 0 Å². The topological polar surface area (TPSA) is 18.5 Å². The van der Waals surface area contributed by atoms with E-state index in [1.165, 1.54) is 0 Å². The van der Waals surface area contributed by atoms with Crippen molar-refractivity contribution in [3.63, 3.8) is 0 Å². The van der Waals surface area contributed by atoms with Crippen LogP contribution in [0.2, 0.25) is 0 Å². The van der Waals surface area contributed by atoms with Crippen LogP contribution in [0.15, 0.2) is 60.7 Å². The zero-order valence-corrected chi connectivity index (χ0v) is 12.2. The van der Waals surface area contributed by atoms with E-state index in [0.717, 1.165) is 11.1 Å². The Morgan fingerprint density at radius 1 is 0.750 bits per heavy atom. The molecule has 5 heteroatoms. The van der Waals surface area contributed by atoms with Gasteiger partial charge in [0.25, 0.3) is 0 Å². The summed E-state index contributed by atoms with van der Waals surface area (Å²) in [4.78, 5) is 0. The molecule has 0 radical (unpaired) electrons. The highest BCUT2D eigenvalue weighted by atomic mass is 35.5. The lowest BCUT2D eigenvalue weighted by atomic mass is 9.95. The van der Waals surface area contributed by atoms with Crippen LogP contribution in [0.4, 0.5) is 0 Å². The van der Waals surface area contributed by atoms with Crippen molar-refractivity contribution in [1.82, 2.24) is 0 Å². The molecule has 102 valence electrons. The van der Waals surface area contributed by atoms with Crippen LogP contribution in [0.1, 0.15) is 23.3 Å². The molecule has 2 aromatic rings. The minimum atomic E-state index is -0.713. The predicted molar refractivity (Wildman–Crippen MR) is 81.8 cm³/mol. The Balaban J connectivity index is 1.93. The number of halogens is 2. The lowest BCUT2D eigenvalue weighted by Gasteiger charge is -2.19. The third-order valence-electron chi connectivity index (χ3n) is 3.30. The quantitative estimate of drug-likeness (QED) is 0.620. The molecular formula is C15H13BCl2O2. The summed E-state index contributed by atoms with van der Waals surface area (Å²) >= 11 is 11.8. The third kappa shape index (κ3) is 2.86. The standard InChI is InChI=1S/C15H13BCl2O2/c17-15(18)16-19-13(11-7-3-1-4-8-11)14(20-16)12-9-5-2-6-10-12/h1-10,13-15H/t13-,14-/m1/s1. The maximum Gasteiger partial charge on any atom is 0.493 e. The van der Waals surface area contributed by atoms with E-state index >= 15 is 0 Å². The Labute approximate surface area is 128 Å². The molecule has 0 aromatic heterocycles. The zero-order chi connectivity index (χ0) is 13.9. The number of hydrogen-bond acceptors (Lipinski definition) is 2. The first kappa shape index (κ1) is 14.0. The molecule has 1 aliphatic rings. The van der Waals surface area contributed by atoms with Gasteiger partial charge in [-0.15, -0.1) is 23.2 Å². The molecule has 0 N–H and O–H groups in total. The second-order valence-corrected chi connectivity index (χ2v) is 5.80. The first-order valence-corrected chi connectivity index (χ1v) is 7.32. The van der Waals surface area contributed by atoms with Gasteiger partial charge in [-0.1, -0.05) is 60.7 Å². The van der Waals surface area contributed by atoms with Gasteiger partial charge in [-0.3, -0.25) is 0 Å². The predicted octanol–water partition coefficient (Wildman–Crippen LogP) is 4.35. The van der Waals surface area contributed by atoms with Crippen LogP contribution >= 0.6 is 23.2 Å². The molecule has 0 unspecified atom stereocenters. The SMILES string of the molecule is ClC(Cl)B1O[C@H](c2ccccc2)[C@@H](c2ccccc2)O1. The summed E-state index contributed by atoms with van der Waals surface area (Å²) < 4.78 is 11.1. The van der Waals surface area contributed by atoms with Crippen molar-refractivity contribution in [3.8, 4) is 0 Å². The van der Waals surface area contributed by atoms with Crippen LogP contribution in [-0.4, -0.2) is 11.9 Å². The van der Waals surface area contributed by atoms with Gasteiger partial charge >= 0.3 is 7.12 Å². The van der Waals surface area contributed by atoms with Crippen molar-refractivity contribution in [3.05, 3.63) is 71.8 Å². The second kappa shape index (κ2) is 6.19. The van der Waals surface area contributed by atoms with Gasteiger partial charge in [0.15, 0.2) is 0 Å². The molecule has 0 saturated carbocycles. The Kier molecular flexibility index (Phi) is 4.32. The maximum atomic E-state index is 5.91. The maximum absolute atomic E-state index is 5.91. The molecular weight excluding hydrogens is 294 g/mol. The van der Waals surface area contributed by atoms with Crippen LogP contribution in [-0.2, 0) is 9.31 Å². The van der Waals surface area contributed by atoms with E-state index in [0.29, 0.717) is 0 Å². The Morgan fingerprint density at radius 2 is 1.15 bits per heavy atom. The van der Waals surface area contributed by atoms with Gasteiger partial charge in [0.2, 0.25) is 0 Å². The highest BCUT2D eigenvalue weighted by Gasteiger charge is 2.44. The summed E-state index contributed by atoms with van der Waals surface area (Å²) in [5.41, 5.74) is 2.11. The average molecular weight is 307 g/mol. The van der Waals surface area contributed by atoms with Crippen LogP contribution in [0, 0.1) is 0 Å². The summed E-state index contributed by atoms with van der Waals surface area (Å²) in [5.74, 6) is 0. The number of hydrogen-bond donors (Lipinski definition) is 0. The molecule has 0 spiro atoms. The fourth-order valence-corrected chi connectivity index (χ4v) is 2.61. The highest BCUT2D eigenvalue weighted by Crippen LogP contribution is 2.42. The molecule has 2 atom stereocenters. The first-order valence-electron chi connectivity index (χ1n) is 6.44. The Bertz CT molecular complexity index is 503. The minimum absolute atomic E-state index is 0.205. The van der Waals surface area contributed by atoms with Gasteiger partial charge in [-0.05, 0) is 11.1 Å². The molecule has 3 rings (SSSR count). The van der Waals surface area contributed by atoms with E-state index in [1.807, 2.05) is 60.7 Å². The van der Waals surface area contributed by atoms with E-state index in [4.69, 9.17) is 32.5 Å². The lowest BCUT2D eigenvalue weighted by molar-refractivity contribution is 0.159. The van der Waals surface area contributed by atoms with Crippen molar-refractivity contribution < 1.29 is 9.31 Å². The molecule has 0 bridgehead atoms. The molecule has 1 fully saturated rings. The van der Waals surface area contributed by atoms with Gasteiger partial charge < -0.3 is 9.31 Å². The summed E-state index contributed by atoms with van der Waals surface area (Å²) in [6.45, 7) is 0. The van der Waals surface area contributed by atoms with Gasteiger partial charge in [0, 0.05) is 0 Å². The van der Waals surface area contributed by atoms with E-state index in [9.17, 15) is 0 Å². The van der Waals surface area contributed by atoms with Crippen molar-refractivity contribution >= 4 is 30.3 Å². The third-order valence-corrected chi connectivity index (χ3v) is 3.71. The molecule has 1 heterocycles. The second-order valence-electron chi connectivity index (χ2n) is 4.64. The Hall–Kier alpha value is -0.995. The summed E-state index contributed by atoms with van der Waals surface area (Å²) in [5, 5.41) is 0. The van der Waals surface area contributed by atoms with E-state index in [2.05, 4.69) is 0 Å². The average Bonchev–Trinajstić information content (AvgIpc) is 2.94. The smallest absolute Gasteiger partial charge is 0.399 e. The van der Waals surface area contributed by atoms with Crippen molar-refractivity contribution in [2.75, 3.05) is 0 Å². The molecule has 2 nitrogen and oxygen atoms in total. The van der Waals surface area contributed by atoms with Crippen LogP contribution in [0.3, 0.4) is 0 Å². The van der Waals surface area contributed by atoms with E-state index in [1.54, 1.807) is 0 Å². The highest BCUT2D eigenvalue weighted by molar-refractivity contribution is 6.73. The minimum Gasteiger partial charge on any atom is -0.399 e. The van der Waals surface area contributed by atoms with Crippen molar-refractivity contribution in [1.29, 1.82) is 0 Å². The first-order chi connectivity index (χ1) is 9.75. The molecule has 0 amide bonds. The largest absolute Gasteiger partial charge is 0.493 e. The molecule has 20 heavy (non-hydrogen) atoms. The molecule has 1 aliphatic heterocycles. The summed E-state index contributed by atoms with van der Waals surface area (Å²) in [7, 11) is -0.617. The van der Waals surface area contributed by atoms with Gasteiger partial charge in [-0.25, -0.2) is 0 Å². The van der Waals surface area contributed by atoms with Crippen molar-refractivity contribution in [2.45, 2.75) is 16.9 Å². The number of rotatable bonds is 3. The fraction of sp³-hybridized carbons (Fsp3) is 0.200. The zero-order valence-electron chi connectivity index (χ0n) is 10.7. The van der Waals surface area contributed by atoms with Gasteiger partial charge in [0.1, 0.15) is 4.74 Å². The van der Waals surface area contributed by atoms with Crippen LogP contribution in [0.25, 0.3) is 0 Å². The van der Waals surface area contributed by atoms with E-state index in [-0.39, 0.29) is 12.2 Å². The summed E-state index contributed by atoms with van der Waals surface area (Å²) in [6.07, 6.45) is -0.410. The lowest BCUT2D eigenvalue weighted by Crippen LogP contribution is -2.23. The normalized spacial score (nSPS) is 22.4. The molecule has 1 saturated heterocycles. The van der Waals surface area contributed by atoms with Gasteiger partial charge in [-0.2, -0.15) is 0 Å². The Morgan fingerprint density at radius 3 is 1.50 bits per heavy atom. The molecule has 0 aliphatic carbocycles. The van der Waals surface area contributed by atoms with Gasteiger partial charge in [0.05, 0.1) is 12.2 Å².